The Labute approximate surface area is 145 Å². The van der Waals surface area contributed by atoms with E-state index in [9.17, 15) is 4.79 Å². The summed E-state index contributed by atoms with van der Waals surface area (Å²) in [6.07, 6.45) is 0.726. The molecule has 0 saturated heterocycles. The Bertz CT molecular complexity index is 917. The molecule has 1 unspecified atom stereocenters. The van der Waals surface area contributed by atoms with E-state index in [1.54, 1.807) is 6.07 Å². The summed E-state index contributed by atoms with van der Waals surface area (Å²) in [5.41, 5.74) is 1.62. The normalized spacial score (nSPS) is 16.3. The SMILES string of the molecule is O=C(NC1CCOc2ccc(Cl)cc21)c1cccc2ccccc12. The Kier molecular flexibility index (Phi) is 3.87. The number of carbonyl (C=O) groups is 1. The van der Waals surface area contributed by atoms with Gasteiger partial charge in [-0.15, -0.1) is 0 Å². The molecule has 0 bridgehead atoms. The lowest BCUT2D eigenvalue weighted by Crippen LogP contribution is -2.32. The van der Waals surface area contributed by atoms with Crippen LogP contribution in [0.4, 0.5) is 0 Å². The molecule has 1 atom stereocenters. The summed E-state index contributed by atoms with van der Waals surface area (Å²) >= 11 is 6.11. The second-order valence-electron chi connectivity index (χ2n) is 5.87. The fourth-order valence-electron chi connectivity index (χ4n) is 3.17. The van der Waals surface area contributed by atoms with Crippen LogP contribution in [0.5, 0.6) is 5.75 Å². The lowest BCUT2D eigenvalue weighted by Gasteiger charge is -2.27. The topological polar surface area (TPSA) is 38.3 Å². The van der Waals surface area contributed by atoms with E-state index in [-0.39, 0.29) is 11.9 Å². The molecule has 0 fully saturated rings. The predicted octanol–water partition coefficient (Wildman–Crippen LogP) is 4.75. The number of ether oxygens (including phenoxy) is 1. The van der Waals surface area contributed by atoms with Gasteiger partial charge in [0.25, 0.3) is 5.91 Å². The second-order valence-corrected chi connectivity index (χ2v) is 6.31. The molecule has 24 heavy (non-hydrogen) atoms. The van der Waals surface area contributed by atoms with E-state index in [2.05, 4.69) is 5.32 Å². The highest BCUT2D eigenvalue weighted by atomic mass is 35.5. The summed E-state index contributed by atoms with van der Waals surface area (Å²) in [6, 6.07) is 19.1. The van der Waals surface area contributed by atoms with Crippen molar-refractivity contribution in [1.29, 1.82) is 0 Å². The van der Waals surface area contributed by atoms with Crippen LogP contribution >= 0.6 is 11.6 Å². The molecule has 4 heteroatoms. The first-order valence-corrected chi connectivity index (χ1v) is 8.31. The highest BCUT2D eigenvalue weighted by Gasteiger charge is 2.24. The van der Waals surface area contributed by atoms with Crippen molar-refractivity contribution in [1.82, 2.24) is 5.32 Å². The van der Waals surface area contributed by atoms with Crippen molar-refractivity contribution in [2.24, 2.45) is 0 Å². The third-order valence-corrected chi connectivity index (χ3v) is 4.59. The van der Waals surface area contributed by atoms with Crippen molar-refractivity contribution >= 4 is 28.3 Å². The molecule has 0 spiro atoms. The number of nitrogens with one attached hydrogen (secondary N) is 1. The van der Waals surface area contributed by atoms with Gasteiger partial charge >= 0.3 is 0 Å². The third kappa shape index (κ3) is 2.72. The van der Waals surface area contributed by atoms with Crippen LogP contribution in [0.25, 0.3) is 10.8 Å². The largest absolute Gasteiger partial charge is 0.493 e. The molecule has 1 aliphatic rings. The van der Waals surface area contributed by atoms with Crippen molar-refractivity contribution in [3.63, 3.8) is 0 Å². The summed E-state index contributed by atoms with van der Waals surface area (Å²) < 4.78 is 5.66. The predicted molar refractivity (Wildman–Crippen MR) is 95.7 cm³/mol. The number of hydrogen-bond donors (Lipinski definition) is 1. The minimum Gasteiger partial charge on any atom is -0.493 e. The third-order valence-electron chi connectivity index (χ3n) is 4.35. The van der Waals surface area contributed by atoms with Gasteiger partial charge in [-0.25, -0.2) is 0 Å². The number of halogens is 1. The first kappa shape index (κ1) is 15.0. The van der Waals surface area contributed by atoms with Gasteiger partial charge in [0.2, 0.25) is 0 Å². The molecule has 0 aliphatic carbocycles. The van der Waals surface area contributed by atoms with Crippen LogP contribution in [0.3, 0.4) is 0 Å². The molecule has 4 rings (SSSR count). The van der Waals surface area contributed by atoms with Crippen molar-refractivity contribution in [2.45, 2.75) is 12.5 Å². The highest BCUT2D eigenvalue weighted by Crippen LogP contribution is 2.34. The molecule has 1 N–H and O–H groups in total. The Balaban J connectivity index is 1.67. The summed E-state index contributed by atoms with van der Waals surface area (Å²) in [5, 5.41) is 5.79. The zero-order chi connectivity index (χ0) is 16.5. The Morgan fingerprint density at radius 1 is 1.08 bits per heavy atom. The number of benzene rings is 3. The lowest BCUT2D eigenvalue weighted by atomic mass is 9.99. The van der Waals surface area contributed by atoms with Crippen LogP contribution in [0, 0.1) is 0 Å². The Hall–Kier alpha value is -2.52. The number of hydrogen-bond acceptors (Lipinski definition) is 2. The fraction of sp³-hybridized carbons (Fsp3) is 0.150. The van der Waals surface area contributed by atoms with Gasteiger partial charge in [-0.3, -0.25) is 4.79 Å². The van der Waals surface area contributed by atoms with Gasteiger partial charge in [-0.2, -0.15) is 0 Å². The van der Waals surface area contributed by atoms with Crippen LogP contribution in [-0.4, -0.2) is 12.5 Å². The first-order chi connectivity index (χ1) is 11.7. The molecule has 3 aromatic carbocycles. The minimum absolute atomic E-state index is 0.0791. The first-order valence-electron chi connectivity index (χ1n) is 7.93. The number of fused-ring (bicyclic) bond motifs is 2. The maximum absolute atomic E-state index is 12.8. The van der Waals surface area contributed by atoms with E-state index in [1.807, 2.05) is 54.6 Å². The smallest absolute Gasteiger partial charge is 0.252 e. The molecular weight excluding hydrogens is 322 g/mol. The van der Waals surface area contributed by atoms with Crippen LogP contribution in [-0.2, 0) is 0 Å². The van der Waals surface area contributed by atoms with E-state index in [0.717, 1.165) is 28.5 Å². The lowest BCUT2D eigenvalue weighted by molar-refractivity contribution is 0.0926. The standard InChI is InChI=1S/C20H16ClNO2/c21-14-8-9-19-17(12-14)18(10-11-24-19)22-20(23)16-7-3-5-13-4-1-2-6-15(13)16/h1-9,12,18H,10-11H2,(H,22,23). The molecule has 0 radical (unpaired) electrons. The summed E-state index contributed by atoms with van der Waals surface area (Å²) in [7, 11) is 0. The van der Waals surface area contributed by atoms with Crippen LogP contribution in [0.2, 0.25) is 5.02 Å². The molecule has 1 aliphatic heterocycles. The van der Waals surface area contributed by atoms with Gasteiger partial charge in [-0.1, -0.05) is 48.0 Å². The van der Waals surface area contributed by atoms with Crippen LogP contribution in [0.15, 0.2) is 60.7 Å². The molecular formula is C20H16ClNO2. The Morgan fingerprint density at radius 2 is 1.92 bits per heavy atom. The number of amides is 1. The molecule has 0 aromatic heterocycles. The van der Waals surface area contributed by atoms with Gasteiger partial charge in [0.15, 0.2) is 0 Å². The maximum atomic E-state index is 12.8. The molecule has 1 heterocycles. The van der Waals surface area contributed by atoms with Gasteiger partial charge in [-0.05, 0) is 35.0 Å². The van der Waals surface area contributed by atoms with Gasteiger partial charge < -0.3 is 10.1 Å². The summed E-state index contributed by atoms with van der Waals surface area (Å²) in [6.45, 7) is 0.578. The monoisotopic (exact) mass is 337 g/mol. The second kappa shape index (κ2) is 6.17. The number of carbonyl (C=O) groups excluding carboxylic acids is 1. The van der Waals surface area contributed by atoms with E-state index in [4.69, 9.17) is 16.3 Å². The average molecular weight is 338 g/mol. The van der Waals surface area contributed by atoms with Crippen molar-refractivity contribution in [3.05, 3.63) is 76.8 Å². The highest BCUT2D eigenvalue weighted by molar-refractivity contribution is 6.30. The summed E-state index contributed by atoms with van der Waals surface area (Å²) in [5.74, 6) is 0.707. The molecule has 0 saturated carbocycles. The van der Waals surface area contributed by atoms with E-state index >= 15 is 0 Å². The zero-order valence-electron chi connectivity index (χ0n) is 13.0. The van der Waals surface area contributed by atoms with Gasteiger partial charge in [0, 0.05) is 22.6 Å². The van der Waals surface area contributed by atoms with E-state index in [0.29, 0.717) is 17.2 Å². The van der Waals surface area contributed by atoms with Crippen LogP contribution in [0.1, 0.15) is 28.4 Å². The van der Waals surface area contributed by atoms with Crippen LogP contribution < -0.4 is 10.1 Å². The molecule has 3 nitrogen and oxygen atoms in total. The average Bonchev–Trinajstić information content (AvgIpc) is 2.61. The van der Waals surface area contributed by atoms with Crippen molar-refractivity contribution in [3.8, 4) is 5.75 Å². The molecule has 120 valence electrons. The van der Waals surface area contributed by atoms with Crippen molar-refractivity contribution < 1.29 is 9.53 Å². The minimum atomic E-state index is -0.0982. The fourth-order valence-corrected chi connectivity index (χ4v) is 3.36. The van der Waals surface area contributed by atoms with Gasteiger partial charge in [0.1, 0.15) is 5.75 Å². The molecule has 1 amide bonds. The number of rotatable bonds is 2. The van der Waals surface area contributed by atoms with E-state index < -0.39 is 0 Å². The summed E-state index contributed by atoms with van der Waals surface area (Å²) in [4.78, 5) is 12.8. The maximum Gasteiger partial charge on any atom is 0.252 e. The van der Waals surface area contributed by atoms with E-state index in [1.165, 1.54) is 0 Å². The van der Waals surface area contributed by atoms with Gasteiger partial charge in [0.05, 0.1) is 12.6 Å². The molecule has 3 aromatic rings. The Morgan fingerprint density at radius 3 is 2.83 bits per heavy atom. The van der Waals surface area contributed by atoms with Crippen molar-refractivity contribution in [2.75, 3.05) is 6.61 Å². The zero-order valence-corrected chi connectivity index (χ0v) is 13.7. The quantitative estimate of drug-likeness (QED) is 0.733.